The summed E-state index contributed by atoms with van der Waals surface area (Å²) in [5.41, 5.74) is 5.66. The van der Waals surface area contributed by atoms with Crippen LogP contribution >= 0.6 is 11.8 Å². The topological polar surface area (TPSA) is 89.5 Å². The van der Waals surface area contributed by atoms with E-state index in [2.05, 4.69) is 10.5 Å². The normalized spacial score (nSPS) is 11.0. The van der Waals surface area contributed by atoms with Gasteiger partial charge >= 0.3 is 0 Å². The third kappa shape index (κ3) is 4.45. The summed E-state index contributed by atoms with van der Waals surface area (Å²) < 4.78 is 2.05. The molecule has 0 radical (unpaired) electrons. The Morgan fingerprint density at radius 3 is 2.58 bits per heavy atom. The minimum Gasteiger partial charge on any atom is -0.352 e. The van der Waals surface area contributed by atoms with Crippen molar-refractivity contribution in [3.05, 3.63) is 57.4 Å². The predicted molar refractivity (Wildman–Crippen MR) is 94.4 cm³/mol. The van der Waals surface area contributed by atoms with Crippen molar-refractivity contribution in [1.29, 1.82) is 0 Å². The van der Waals surface area contributed by atoms with E-state index in [0.717, 1.165) is 21.8 Å². The molecular weight excluding hydrogens is 328 g/mol. The van der Waals surface area contributed by atoms with E-state index >= 15 is 0 Å². The molecule has 1 N–H and O–H groups in total. The molecular formula is C16H18N4O3S. The SMILES string of the molecule is Cc1cc(/C=N\NC(=O)CSc2ccc([N+](=O)[O-])cc2)c(C)n1C. The van der Waals surface area contributed by atoms with Gasteiger partial charge in [-0.2, -0.15) is 5.10 Å². The van der Waals surface area contributed by atoms with E-state index < -0.39 is 4.92 Å². The van der Waals surface area contributed by atoms with Gasteiger partial charge in [-0.25, -0.2) is 5.43 Å². The van der Waals surface area contributed by atoms with Crippen LogP contribution in [0, 0.1) is 24.0 Å². The Hall–Kier alpha value is -2.61. The second kappa shape index (κ2) is 7.78. The van der Waals surface area contributed by atoms with Gasteiger partial charge in [0.05, 0.1) is 16.9 Å². The number of hydrazone groups is 1. The predicted octanol–water partition coefficient (Wildman–Crippen LogP) is 2.79. The number of nitro benzene ring substituents is 1. The highest BCUT2D eigenvalue weighted by atomic mass is 32.2. The molecule has 0 fully saturated rings. The molecule has 0 aliphatic carbocycles. The highest BCUT2D eigenvalue weighted by molar-refractivity contribution is 8.00. The maximum absolute atomic E-state index is 11.8. The van der Waals surface area contributed by atoms with Crippen LogP contribution < -0.4 is 5.43 Å². The van der Waals surface area contributed by atoms with Crippen LogP contribution in [0.3, 0.4) is 0 Å². The van der Waals surface area contributed by atoms with E-state index in [0.29, 0.717) is 0 Å². The molecule has 0 bridgehead atoms. The van der Waals surface area contributed by atoms with Gasteiger partial charge in [-0.05, 0) is 32.0 Å². The third-order valence-corrected chi connectivity index (χ3v) is 4.64. The van der Waals surface area contributed by atoms with Gasteiger partial charge in [0.15, 0.2) is 0 Å². The summed E-state index contributed by atoms with van der Waals surface area (Å²) in [6.45, 7) is 3.99. The molecule has 1 heterocycles. The number of carbonyl (C=O) groups excluding carboxylic acids is 1. The van der Waals surface area contributed by atoms with E-state index in [4.69, 9.17) is 0 Å². The first-order chi connectivity index (χ1) is 11.4. The minimum absolute atomic E-state index is 0.0296. The Balaban J connectivity index is 1.84. The van der Waals surface area contributed by atoms with Crippen molar-refractivity contribution < 1.29 is 9.72 Å². The highest BCUT2D eigenvalue weighted by Crippen LogP contribution is 2.21. The number of nitrogens with zero attached hydrogens (tertiary/aromatic N) is 3. The molecule has 0 aliphatic rings. The average Bonchev–Trinajstić information content (AvgIpc) is 2.80. The Morgan fingerprint density at radius 2 is 2.04 bits per heavy atom. The summed E-state index contributed by atoms with van der Waals surface area (Å²) in [5.74, 6) is -0.0537. The van der Waals surface area contributed by atoms with Crippen molar-refractivity contribution in [2.45, 2.75) is 18.7 Å². The van der Waals surface area contributed by atoms with E-state index in [1.54, 1.807) is 18.3 Å². The molecule has 0 saturated carbocycles. The van der Waals surface area contributed by atoms with Gasteiger partial charge in [-0.15, -0.1) is 11.8 Å². The minimum atomic E-state index is -0.455. The standard InChI is InChI=1S/C16H18N4O3S/c1-11-8-13(12(2)19(11)3)9-17-18-16(21)10-24-15-6-4-14(5-7-15)20(22)23/h4-9H,10H2,1-3H3,(H,18,21)/b17-9-. The largest absolute Gasteiger partial charge is 0.352 e. The van der Waals surface area contributed by atoms with Crippen LogP contribution in [0.4, 0.5) is 5.69 Å². The fourth-order valence-corrected chi connectivity index (χ4v) is 2.73. The number of hydrogen-bond donors (Lipinski definition) is 1. The van der Waals surface area contributed by atoms with Crippen molar-refractivity contribution in [2.75, 3.05) is 5.75 Å². The van der Waals surface area contributed by atoms with E-state index in [9.17, 15) is 14.9 Å². The first-order valence-corrected chi connectivity index (χ1v) is 8.19. The second-order valence-corrected chi connectivity index (χ2v) is 6.27. The first kappa shape index (κ1) is 17.7. The Bertz CT molecular complexity index is 781. The lowest BCUT2D eigenvalue weighted by Gasteiger charge is -2.01. The van der Waals surface area contributed by atoms with Crippen LogP contribution in [0.25, 0.3) is 0 Å². The third-order valence-electron chi connectivity index (χ3n) is 3.62. The van der Waals surface area contributed by atoms with Crippen molar-refractivity contribution in [2.24, 2.45) is 12.1 Å². The Labute approximate surface area is 143 Å². The number of amides is 1. The van der Waals surface area contributed by atoms with Crippen molar-refractivity contribution >= 4 is 29.6 Å². The molecule has 7 nitrogen and oxygen atoms in total. The summed E-state index contributed by atoms with van der Waals surface area (Å²) in [6, 6.07) is 8.07. The number of rotatable bonds is 6. The van der Waals surface area contributed by atoms with Crippen molar-refractivity contribution in [1.82, 2.24) is 9.99 Å². The summed E-state index contributed by atoms with van der Waals surface area (Å²) in [6.07, 6.45) is 1.62. The van der Waals surface area contributed by atoms with Gasteiger partial charge in [-0.1, -0.05) is 0 Å². The first-order valence-electron chi connectivity index (χ1n) is 7.20. The van der Waals surface area contributed by atoms with Crippen LogP contribution in [0.15, 0.2) is 40.3 Å². The van der Waals surface area contributed by atoms with E-state index in [1.807, 2.05) is 31.5 Å². The summed E-state index contributed by atoms with van der Waals surface area (Å²) >= 11 is 1.29. The molecule has 1 amide bonds. The number of thioether (sulfide) groups is 1. The fourth-order valence-electron chi connectivity index (χ4n) is 2.03. The summed E-state index contributed by atoms with van der Waals surface area (Å²) in [5, 5.41) is 14.5. The average molecular weight is 346 g/mol. The monoisotopic (exact) mass is 346 g/mol. The number of nitro groups is 1. The molecule has 1 aromatic carbocycles. The van der Waals surface area contributed by atoms with Crippen LogP contribution in [0.1, 0.15) is 17.0 Å². The van der Waals surface area contributed by atoms with Crippen molar-refractivity contribution in [3.63, 3.8) is 0 Å². The van der Waals surface area contributed by atoms with Crippen LogP contribution in [-0.2, 0) is 11.8 Å². The number of hydrogen-bond acceptors (Lipinski definition) is 5. The molecule has 0 spiro atoms. The second-order valence-electron chi connectivity index (χ2n) is 5.22. The number of nitrogens with one attached hydrogen (secondary N) is 1. The van der Waals surface area contributed by atoms with Crippen LogP contribution in [0.2, 0.25) is 0 Å². The quantitative estimate of drug-likeness (QED) is 0.377. The lowest BCUT2D eigenvalue weighted by Crippen LogP contribution is -2.19. The smallest absolute Gasteiger partial charge is 0.269 e. The molecule has 0 atom stereocenters. The maximum Gasteiger partial charge on any atom is 0.269 e. The number of benzene rings is 1. The number of non-ortho nitro benzene ring substituents is 1. The number of aromatic nitrogens is 1. The molecule has 2 aromatic rings. The van der Waals surface area contributed by atoms with Crippen LogP contribution in [-0.4, -0.2) is 27.4 Å². The van der Waals surface area contributed by atoms with Gasteiger partial charge in [0.25, 0.3) is 5.69 Å². The van der Waals surface area contributed by atoms with E-state index in [1.165, 1.54) is 23.9 Å². The van der Waals surface area contributed by atoms with Crippen molar-refractivity contribution in [3.8, 4) is 0 Å². The number of carbonyl (C=O) groups is 1. The molecule has 1 aromatic heterocycles. The molecule has 126 valence electrons. The maximum atomic E-state index is 11.8. The van der Waals surface area contributed by atoms with E-state index in [-0.39, 0.29) is 17.3 Å². The highest BCUT2D eigenvalue weighted by Gasteiger charge is 2.07. The van der Waals surface area contributed by atoms with Gasteiger partial charge in [0, 0.05) is 41.0 Å². The summed E-state index contributed by atoms with van der Waals surface area (Å²) in [7, 11) is 1.97. The zero-order valence-electron chi connectivity index (χ0n) is 13.6. The van der Waals surface area contributed by atoms with Gasteiger partial charge in [0.1, 0.15) is 0 Å². The molecule has 2 rings (SSSR count). The van der Waals surface area contributed by atoms with Gasteiger partial charge in [0.2, 0.25) is 5.91 Å². The zero-order chi connectivity index (χ0) is 17.7. The Kier molecular flexibility index (Phi) is 5.75. The van der Waals surface area contributed by atoms with Gasteiger partial charge < -0.3 is 4.57 Å². The number of aryl methyl sites for hydroxylation is 1. The zero-order valence-corrected chi connectivity index (χ0v) is 14.5. The molecule has 0 aliphatic heterocycles. The molecule has 0 unspecified atom stereocenters. The molecule has 8 heteroatoms. The fraction of sp³-hybridized carbons (Fsp3) is 0.250. The molecule has 24 heavy (non-hydrogen) atoms. The van der Waals surface area contributed by atoms with Crippen LogP contribution in [0.5, 0.6) is 0 Å². The lowest BCUT2D eigenvalue weighted by molar-refractivity contribution is -0.384. The lowest BCUT2D eigenvalue weighted by atomic mass is 10.3. The Morgan fingerprint density at radius 1 is 1.38 bits per heavy atom. The summed E-state index contributed by atoms with van der Waals surface area (Å²) in [4.78, 5) is 22.7. The van der Waals surface area contributed by atoms with Gasteiger partial charge in [-0.3, -0.25) is 14.9 Å². The molecule has 0 saturated heterocycles.